The number of nitrogens with one attached hydrogen (secondary N) is 1. The molecule has 0 bridgehead atoms. The van der Waals surface area contributed by atoms with Gasteiger partial charge in [0.05, 0.1) is 9.79 Å². The molecule has 2 aliphatic rings. The second kappa shape index (κ2) is 9.54. The van der Waals surface area contributed by atoms with E-state index >= 15 is 0 Å². The van der Waals surface area contributed by atoms with Crippen molar-refractivity contribution < 1.29 is 21.6 Å². The van der Waals surface area contributed by atoms with Crippen molar-refractivity contribution in [2.75, 3.05) is 31.5 Å². The largest absolute Gasteiger partial charge is 0.322 e. The van der Waals surface area contributed by atoms with Crippen LogP contribution >= 0.6 is 0 Å². The summed E-state index contributed by atoms with van der Waals surface area (Å²) in [6.07, 6.45) is 4.43. The number of anilines is 1. The second-order valence-electron chi connectivity index (χ2n) is 8.53. The van der Waals surface area contributed by atoms with Gasteiger partial charge in [-0.05, 0) is 74.6 Å². The minimum absolute atomic E-state index is 0.100. The average molecular weight is 492 g/mol. The van der Waals surface area contributed by atoms with E-state index in [1.165, 1.54) is 32.9 Å². The first kappa shape index (κ1) is 23.9. The van der Waals surface area contributed by atoms with Gasteiger partial charge in [-0.1, -0.05) is 12.5 Å². The van der Waals surface area contributed by atoms with E-state index in [0.29, 0.717) is 37.4 Å². The van der Waals surface area contributed by atoms with Crippen LogP contribution < -0.4 is 5.32 Å². The van der Waals surface area contributed by atoms with Crippen LogP contribution in [0.25, 0.3) is 0 Å². The van der Waals surface area contributed by atoms with Crippen LogP contribution in [-0.4, -0.2) is 57.5 Å². The highest BCUT2D eigenvalue weighted by atomic mass is 32.2. The highest BCUT2D eigenvalue weighted by molar-refractivity contribution is 7.89. The second-order valence-corrected chi connectivity index (χ2v) is 12.4. The first-order valence-corrected chi connectivity index (χ1v) is 14.1. The van der Waals surface area contributed by atoms with Crippen molar-refractivity contribution in [2.45, 2.75) is 48.8 Å². The van der Waals surface area contributed by atoms with Gasteiger partial charge in [0.15, 0.2) is 0 Å². The lowest BCUT2D eigenvalue weighted by atomic mass is 10.1. The molecule has 2 heterocycles. The number of benzene rings is 2. The summed E-state index contributed by atoms with van der Waals surface area (Å²) in [6, 6.07) is 10.6. The summed E-state index contributed by atoms with van der Waals surface area (Å²) < 4.78 is 54.3. The van der Waals surface area contributed by atoms with Crippen molar-refractivity contribution in [3.63, 3.8) is 0 Å². The van der Waals surface area contributed by atoms with Gasteiger partial charge in [0, 0.05) is 37.4 Å². The van der Waals surface area contributed by atoms with Crippen LogP contribution in [0.4, 0.5) is 5.69 Å². The van der Waals surface area contributed by atoms with Crippen molar-refractivity contribution >= 4 is 31.6 Å². The molecule has 2 aromatic carbocycles. The molecular formula is C23H29N3O5S2. The molecule has 2 saturated heterocycles. The molecule has 1 amide bonds. The van der Waals surface area contributed by atoms with E-state index in [1.807, 2.05) is 0 Å². The lowest BCUT2D eigenvalue weighted by Crippen LogP contribution is -2.35. The van der Waals surface area contributed by atoms with E-state index in [2.05, 4.69) is 5.32 Å². The van der Waals surface area contributed by atoms with Gasteiger partial charge in [-0.25, -0.2) is 16.8 Å². The molecule has 0 spiro atoms. The summed E-state index contributed by atoms with van der Waals surface area (Å²) in [7, 11) is -7.18. The Labute approximate surface area is 195 Å². The number of hydrogen-bond donors (Lipinski definition) is 1. The van der Waals surface area contributed by atoms with Crippen molar-refractivity contribution in [1.29, 1.82) is 0 Å². The van der Waals surface area contributed by atoms with Gasteiger partial charge in [0.2, 0.25) is 20.0 Å². The smallest absolute Gasteiger partial charge is 0.255 e. The molecule has 0 aromatic heterocycles. The molecule has 0 atom stereocenters. The van der Waals surface area contributed by atoms with E-state index < -0.39 is 26.0 Å². The summed E-state index contributed by atoms with van der Waals surface area (Å²) in [5.41, 5.74) is 1.35. The van der Waals surface area contributed by atoms with Crippen LogP contribution in [0, 0.1) is 6.92 Å². The van der Waals surface area contributed by atoms with Gasteiger partial charge in [0.1, 0.15) is 0 Å². The first-order valence-electron chi connectivity index (χ1n) is 11.2. The van der Waals surface area contributed by atoms with E-state index in [-0.39, 0.29) is 15.4 Å². The molecule has 2 fully saturated rings. The van der Waals surface area contributed by atoms with Gasteiger partial charge >= 0.3 is 0 Å². The molecule has 8 nitrogen and oxygen atoms in total. The molecule has 0 aliphatic carbocycles. The Kier molecular flexibility index (Phi) is 6.90. The van der Waals surface area contributed by atoms with Crippen LogP contribution in [0.2, 0.25) is 0 Å². The third kappa shape index (κ3) is 4.98. The topological polar surface area (TPSA) is 104 Å². The van der Waals surface area contributed by atoms with Crippen LogP contribution in [0.3, 0.4) is 0 Å². The minimum atomic E-state index is -3.64. The fourth-order valence-electron chi connectivity index (χ4n) is 4.25. The number of piperidine rings is 1. The third-order valence-electron chi connectivity index (χ3n) is 6.22. The highest BCUT2D eigenvalue weighted by Gasteiger charge is 2.28. The maximum absolute atomic E-state index is 12.9. The summed E-state index contributed by atoms with van der Waals surface area (Å²) in [5, 5.41) is 2.75. The molecule has 4 rings (SSSR count). The van der Waals surface area contributed by atoms with Gasteiger partial charge in [0.25, 0.3) is 5.91 Å². The lowest BCUT2D eigenvalue weighted by Gasteiger charge is -2.25. The van der Waals surface area contributed by atoms with Crippen LogP contribution in [-0.2, 0) is 20.0 Å². The molecule has 2 aromatic rings. The Morgan fingerprint density at radius 1 is 0.727 bits per heavy atom. The molecule has 10 heteroatoms. The zero-order chi connectivity index (χ0) is 23.6. The fourth-order valence-corrected chi connectivity index (χ4v) is 7.31. The summed E-state index contributed by atoms with van der Waals surface area (Å²) in [6.45, 7) is 3.78. The van der Waals surface area contributed by atoms with Crippen molar-refractivity contribution in [2.24, 2.45) is 0 Å². The predicted molar refractivity (Wildman–Crippen MR) is 126 cm³/mol. The number of amides is 1. The maximum atomic E-state index is 12.9. The van der Waals surface area contributed by atoms with Crippen molar-refractivity contribution in [3.05, 3.63) is 53.6 Å². The van der Waals surface area contributed by atoms with Gasteiger partial charge in [-0.3, -0.25) is 4.79 Å². The number of nitrogens with zero attached hydrogens (tertiary/aromatic N) is 2. The van der Waals surface area contributed by atoms with Crippen molar-refractivity contribution in [1.82, 2.24) is 8.61 Å². The first-order chi connectivity index (χ1) is 15.7. The number of carbonyl (C=O) groups is 1. The number of sulfonamides is 2. The maximum Gasteiger partial charge on any atom is 0.255 e. The predicted octanol–water partition coefficient (Wildman–Crippen LogP) is 3.21. The molecule has 0 unspecified atom stereocenters. The zero-order valence-corrected chi connectivity index (χ0v) is 20.3. The fraction of sp³-hybridized carbons (Fsp3) is 0.435. The molecule has 178 valence electrons. The monoisotopic (exact) mass is 491 g/mol. The molecular weight excluding hydrogens is 462 g/mol. The SMILES string of the molecule is Cc1ccc(S(=O)(=O)N2CCCC2)cc1C(=O)Nc1ccc(S(=O)(=O)N2CCCCC2)cc1. The molecule has 2 aliphatic heterocycles. The number of rotatable bonds is 6. The Hall–Kier alpha value is -2.27. The Morgan fingerprint density at radius 3 is 1.79 bits per heavy atom. The molecule has 1 N–H and O–H groups in total. The van der Waals surface area contributed by atoms with Gasteiger partial charge in [-0.15, -0.1) is 0 Å². The highest BCUT2D eigenvalue weighted by Crippen LogP contribution is 2.25. The summed E-state index contributed by atoms with van der Waals surface area (Å²) in [4.78, 5) is 13.2. The summed E-state index contributed by atoms with van der Waals surface area (Å²) in [5.74, 6) is -0.447. The summed E-state index contributed by atoms with van der Waals surface area (Å²) >= 11 is 0. The Morgan fingerprint density at radius 2 is 1.21 bits per heavy atom. The van der Waals surface area contributed by atoms with Crippen molar-refractivity contribution in [3.8, 4) is 0 Å². The van der Waals surface area contributed by atoms with E-state index in [1.54, 1.807) is 25.1 Å². The molecule has 0 radical (unpaired) electrons. The van der Waals surface area contributed by atoms with E-state index in [4.69, 9.17) is 0 Å². The Balaban J connectivity index is 1.51. The third-order valence-corrected chi connectivity index (χ3v) is 10.0. The quantitative estimate of drug-likeness (QED) is 0.668. The van der Waals surface area contributed by atoms with Crippen LogP contribution in [0.15, 0.2) is 52.3 Å². The number of hydrogen-bond acceptors (Lipinski definition) is 5. The van der Waals surface area contributed by atoms with Gasteiger partial charge < -0.3 is 5.32 Å². The Bertz CT molecular complexity index is 1230. The number of aryl methyl sites for hydroxylation is 1. The van der Waals surface area contributed by atoms with Crippen LogP contribution in [0.1, 0.15) is 48.0 Å². The standard InChI is InChI=1S/C23H29N3O5S2/c1-18-7-10-21(33(30,31)26-15-5-6-16-26)17-22(18)23(27)24-19-8-11-20(12-9-19)32(28,29)25-13-3-2-4-14-25/h7-12,17H,2-6,13-16H2,1H3,(H,24,27). The average Bonchev–Trinajstić information content (AvgIpc) is 3.36. The molecule has 33 heavy (non-hydrogen) atoms. The minimum Gasteiger partial charge on any atom is -0.322 e. The molecule has 0 saturated carbocycles. The zero-order valence-electron chi connectivity index (χ0n) is 18.7. The number of carbonyl (C=O) groups excluding carboxylic acids is 1. The lowest BCUT2D eigenvalue weighted by molar-refractivity contribution is 0.102. The van der Waals surface area contributed by atoms with E-state index in [0.717, 1.165) is 32.1 Å². The normalized spacial score (nSPS) is 18.3. The van der Waals surface area contributed by atoms with E-state index in [9.17, 15) is 21.6 Å². The van der Waals surface area contributed by atoms with Crippen LogP contribution in [0.5, 0.6) is 0 Å². The van der Waals surface area contributed by atoms with Gasteiger partial charge in [-0.2, -0.15) is 8.61 Å².